The Kier molecular flexibility index (Phi) is 3.93. The van der Waals surface area contributed by atoms with E-state index in [1.807, 2.05) is 0 Å². The molecule has 54 valence electrons. The monoisotopic (exact) mass is 171 g/mol. The fourth-order valence-corrected chi connectivity index (χ4v) is 0.469. The van der Waals surface area contributed by atoms with Crippen LogP contribution >= 0.6 is 23.2 Å². The zero-order valence-corrected chi connectivity index (χ0v) is 6.06. The zero-order valence-electron chi connectivity index (χ0n) is 4.55. The minimum Gasteiger partial charge on any atom is -0.481 e. The number of halogens is 2. The van der Waals surface area contributed by atoms with Crippen LogP contribution in [-0.2, 0) is 4.79 Å². The Balaban J connectivity index is 3.50. The van der Waals surface area contributed by atoms with Crippen molar-refractivity contribution in [3.63, 3.8) is 0 Å². The van der Waals surface area contributed by atoms with Crippen LogP contribution in [0.1, 0.15) is 6.42 Å². The molecule has 0 saturated carbocycles. The fourth-order valence-electron chi connectivity index (χ4n) is 0.291. The van der Waals surface area contributed by atoms with Gasteiger partial charge in [0, 0.05) is 6.04 Å². The first kappa shape index (κ1) is 9.01. The largest absolute Gasteiger partial charge is 0.481 e. The minimum absolute atomic E-state index is 0.197. The van der Waals surface area contributed by atoms with E-state index >= 15 is 0 Å². The van der Waals surface area contributed by atoms with Crippen LogP contribution < -0.4 is 5.73 Å². The summed E-state index contributed by atoms with van der Waals surface area (Å²) in [5.41, 5.74) is 5.17. The summed E-state index contributed by atoms with van der Waals surface area (Å²) in [6, 6.07) is -0.675. The van der Waals surface area contributed by atoms with Crippen LogP contribution in [-0.4, -0.2) is 22.0 Å². The molecule has 0 bridgehead atoms. The van der Waals surface area contributed by atoms with Gasteiger partial charge in [-0.15, -0.1) is 23.2 Å². The second kappa shape index (κ2) is 3.93. The van der Waals surface area contributed by atoms with Crippen molar-refractivity contribution in [1.29, 1.82) is 0 Å². The van der Waals surface area contributed by atoms with Crippen molar-refractivity contribution in [3.8, 4) is 0 Å². The molecular formula is C4H7Cl2NO2. The first-order valence-corrected chi connectivity index (χ1v) is 3.17. The first-order valence-electron chi connectivity index (χ1n) is 2.29. The van der Waals surface area contributed by atoms with Gasteiger partial charge in [0.2, 0.25) is 0 Å². The van der Waals surface area contributed by atoms with Crippen molar-refractivity contribution in [3.05, 3.63) is 0 Å². The van der Waals surface area contributed by atoms with Gasteiger partial charge in [0.25, 0.3) is 0 Å². The van der Waals surface area contributed by atoms with Crippen molar-refractivity contribution in [2.45, 2.75) is 17.3 Å². The van der Waals surface area contributed by atoms with E-state index in [1.54, 1.807) is 0 Å². The van der Waals surface area contributed by atoms with Crippen LogP contribution in [0.3, 0.4) is 0 Å². The van der Waals surface area contributed by atoms with Gasteiger partial charge in [-0.3, -0.25) is 4.79 Å². The first-order chi connectivity index (χ1) is 4.04. The van der Waals surface area contributed by atoms with Crippen molar-refractivity contribution in [1.82, 2.24) is 0 Å². The lowest BCUT2D eigenvalue weighted by Gasteiger charge is -2.07. The van der Waals surface area contributed by atoms with Crippen LogP contribution in [0.4, 0.5) is 0 Å². The SMILES string of the molecule is NC(CC(=O)O)C(Cl)Cl. The molecule has 1 atom stereocenters. The Morgan fingerprint density at radius 2 is 2.11 bits per heavy atom. The number of aliphatic carboxylic acids is 1. The topological polar surface area (TPSA) is 63.3 Å². The molecule has 0 spiro atoms. The highest BCUT2D eigenvalue weighted by atomic mass is 35.5. The number of hydrogen-bond donors (Lipinski definition) is 2. The van der Waals surface area contributed by atoms with Gasteiger partial charge < -0.3 is 10.8 Å². The van der Waals surface area contributed by atoms with E-state index in [0.29, 0.717) is 0 Å². The van der Waals surface area contributed by atoms with Gasteiger partial charge in [-0.05, 0) is 0 Å². The van der Waals surface area contributed by atoms with Crippen LogP contribution in [0.5, 0.6) is 0 Å². The van der Waals surface area contributed by atoms with Crippen LogP contribution in [0.2, 0.25) is 0 Å². The molecule has 0 aromatic rings. The molecule has 0 radical (unpaired) electrons. The maximum Gasteiger partial charge on any atom is 0.305 e. The third-order valence-corrected chi connectivity index (χ3v) is 1.38. The van der Waals surface area contributed by atoms with Crippen molar-refractivity contribution in [2.75, 3.05) is 0 Å². The third kappa shape index (κ3) is 4.51. The highest BCUT2D eigenvalue weighted by molar-refractivity contribution is 6.44. The zero-order chi connectivity index (χ0) is 7.44. The minimum atomic E-state index is -0.992. The van der Waals surface area contributed by atoms with E-state index in [1.165, 1.54) is 0 Å². The summed E-state index contributed by atoms with van der Waals surface area (Å²) in [7, 11) is 0. The molecule has 5 heteroatoms. The summed E-state index contributed by atoms with van der Waals surface area (Å²) >= 11 is 10.5. The predicted octanol–water partition coefficient (Wildman–Crippen LogP) is 0.592. The summed E-state index contributed by atoms with van der Waals surface area (Å²) in [6.45, 7) is 0. The van der Waals surface area contributed by atoms with Gasteiger partial charge in [0.1, 0.15) is 4.84 Å². The van der Waals surface area contributed by atoms with Gasteiger partial charge in [-0.25, -0.2) is 0 Å². The summed E-state index contributed by atoms with van der Waals surface area (Å²) in [6.07, 6.45) is -0.197. The van der Waals surface area contributed by atoms with E-state index in [9.17, 15) is 4.79 Å². The second-order valence-electron chi connectivity index (χ2n) is 1.60. The van der Waals surface area contributed by atoms with Crippen LogP contribution in [0, 0.1) is 0 Å². The number of carboxylic acids is 1. The van der Waals surface area contributed by atoms with Gasteiger partial charge >= 0.3 is 5.97 Å². The highest BCUT2D eigenvalue weighted by Gasteiger charge is 2.14. The van der Waals surface area contributed by atoms with Gasteiger partial charge in [-0.2, -0.15) is 0 Å². The Morgan fingerprint density at radius 1 is 1.67 bits per heavy atom. The predicted molar refractivity (Wildman–Crippen MR) is 35.7 cm³/mol. The van der Waals surface area contributed by atoms with Gasteiger partial charge in [0.05, 0.1) is 6.42 Å². The van der Waals surface area contributed by atoms with Crippen LogP contribution in [0.25, 0.3) is 0 Å². The Morgan fingerprint density at radius 3 is 2.22 bits per heavy atom. The molecule has 0 aliphatic rings. The lowest BCUT2D eigenvalue weighted by molar-refractivity contribution is -0.137. The van der Waals surface area contributed by atoms with E-state index in [0.717, 1.165) is 0 Å². The lowest BCUT2D eigenvalue weighted by Crippen LogP contribution is -2.29. The number of alkyl halides is 2. The van der Waals surface area contributed by atoms with Crippen LogP contribution in [0.15, 0.2) is 0 Å². The van der Waals surface area contributed by atoms with Crippen molar-refractivity contribution < 1.29 is 9.90 Å². The van der Waals surface area contributed by atoms with Gasteiger partial charge in [-0.1, -0.05) is 0 Å². The Hall–Kier alpha value is 0.01000. The number of rotatable bonds is 3. The molecule has 9 heavy (non-hydrogen) atoms. The molecule has 0 aliphatic heterocycles. The quantitative estimate of drug-likeness (QED) is 0.612. The molecule has 3 N–H and O–H groups in total. The number of carbonyl (C=O) groups is 1. The summed E-state index contributed by atoms with van der Waals surface area (Å²) in [5, 5.41) is 8.14. The van der Waals surface area contributed by atoms with E-state index in [2.05, 4.69) is 0 Å². The number of carboxylic acid groups (broad SMARTS) is 1. The molecule has 0 amide bonds. The molecule has 0 aromatic heterocycles. The summed E-state index contributed by atoms with van der Waals surface area (Å²) < 4.78 is 0. The average Bonchev–Trinajstić information content (AvgIpc) is 1.63. The van der Waals surface area contributed by atoms with Crippen molar-refractivity contribution >= 4 is 29.2 Å². The molecule has 0 saturated heterocycles. The molecule has 3 nitrogen and oxygen atoms in total. The molecular weight excluding hydrogens is 165 g/mol. The van der Waals surface area contributed by atoms with E-state index in [-0.39, 0.29) is 6.42 Å². The highest BCUT2D eigenvalue weighted by Crippen LogP contribution is 2.08. The summed E-state index contributed by atoms with van der Waals surface area (Å²) in [4.78, 5) is 9.11. The molecule has 0 heterocycles. The maximum atomic E-state index is 9.92. The molecule has 0 aliphatic carbocycles. The fraction of sp³-hybridized carbons (Fsp3) is 0.750. The molecule has 1 unspecified atom stereocenters. The Bertz CT molecular complexity index is 107. The number of hydrogen-bond acceptors (Lipinski definition) is 2. The van der Waals surface area contributed by atoms with Gasteiger partial charge in [0.15, 0.2) is 0 Å². The second-order valence-corrected chi connectivity index (χ2v) is 2.76. The lowest BCUT2D eigenvalue weighted by atomic mass is 10.2. The summed E-state index contributed by atoms with van der Waals surface area (Å²) in [5.74, 6) is -0.992. The molecule has 0 rings (SSSR count). The average molecular weight is 172 g/mol. The Labute approximate surface area is 62.7 Å². The normalized spacial score (nSPS) is 13.8. The van der Waals surface area contributed by atoms with E-state index < -0.39 is 16.8 Å². The van der Waals surface area contributed by atoms with Crippen molar-refractivity contribution in [2.24, 2.45) is 5.73 Å². The maximum absolute atomic E-state index is 9.92. The molecule has 0 fully saturated rings. The third-order valence-electron chi connectivity index (χ3n) is 0.734. The number of nitrogens with two attached hydrogens (primary N) is 1. The standard InChI is InChI=1S/C4H7Cl2NO2/c5-4(6)2(7)1-3(8)9/h2,4H,1,7H2,(H,8,9). The van der Waals surface area contributed by atoms with E-state index in [4.69, 9.17) is 34.0 Å². The molecule has 0 aromatic carbocycles. The smallest absolute Gasteiger partial charge is 0.305 e.